The third kappa shape index (κ3) is 2.00. The molecule has 0 unspecified atom stereocenters. The van der Waals surface area contributed by atoms with Crippen molar-refractivity contribution in [1.82, 2.24) is 0 Å². The lowest BCUT2D eigenvalue weighted by molar-refractivity contribution is 0.160. The molecule has 0 bridgehead atoms. The lowest BCUT2D eigenvalue weighted by atomic mass is 10.8. The van der Waals surface area contributed by atoms with Gasteiger partial charge in [0, 0.05) is 5.37 Å². The first-order valence-electron chi connectivity index (χ1n) is 2.48. The Labute approximate surface area is 48.7 Å². The summed E-state index contributed by atoms with van der Waals surface area (Å²) in [5.74, 6) is 0. The van der Waals surface area contributed by atoms with Crippen LogP contribution in [0.25, 0.3) is 0 Å². The van der Waals surface area contributed by atoms with Crippen LogP contribution >= 0.6 is 12.2 Å². The van der Waals surface area contributed by atoms with Gasteiger partial charge in [0.15, 0.2) is 0 Å². The summed E-state index contributed by atoms with van der Waals surface area (Å²) < 4.78 is 5.14. The number of thiocarbonyl (C=S) groups is 1. The smallest absolute Gasteiger partial charge is 0.0753 e. The van der Waals surface area contributed by atoms with Gasteiger partial charge in [0.25, 0.3) is 0 Å². The fraction of sp³-hybridized carbons (Fsp3) is 0.800. The van der Waals surface area contributed by atoms with Gasteiger partial charge < -0.3 is 4.74 Å². The van der Waals surface area contributed by atoms with Crippen LogP contribution < -0.4 is 0 Å². The van der Waals surface area contributed by atoms with Crippen LogP contribution in [0, 0.1) is 0 Å². The Bertz CT molecular complexity index is 68.5. The van der Waals surface area contributed by atoms with Crippen LogP contribution in [0.15, 0.2) is 0 Å². The van der Waals surface area contributed by atoms with E-state index in [2.05, 4.69) is 12.2 Å². The molecule has 1 aliphatic carbocycles. The number of hydrogen-bond donors (Lipinski definition) is 0. The zero-order valence-corrected chi connectivity index (χ0v) is 4.91. The first-order chi connectivity index (χ1) is 3.43. The van der Waals surface area contributed by atoms with E-state index in [1.165, 1.54) is 12.8 Å². The Hall–Kier alpha value is 0.0500. The lowest BCUT2D eigenvalue weighted by Gasteiger charge is -1.90. The van der Waals surface area contributed by atoms with E-state index in [1.54, 1.807) is 5.37 Å². The van der Waals surface area contributed by atoms with E-state index >= 15 is 0 Å². The summed E-state index contributed by atoms with van der Waals surface area (Å²) in [7, 11) is 0. The molecule has 0 aromatic rings. The number of hydrogen-bond acceptors (Lipinski definition) is 2. The minimum atomic E-state index is 0.555. The Morgan fingerprint density at radius 2 is 2.43 bits per heavy atom. The molecular formula is C5H8OS. The van der Waals surface area contributed by atoms with E-state index in [0.717, 1.165) is 0 Å². The summed E-state index contributed by atoms with van der Waals surface area (Å²) in [5.41, 5.74) is 0. The summed E-state index contributed by atoms with van der Waals surface area (Å²) in [6.07, 6.45) is 3.03. The predicted octanol–water partition coefficient (Wildman–Crippen LogP) is 1.17. The van der Waals surface area contributed by atoms with Crippen molar-refractivity contribution in [2.75, 3.05) is 6.61 Å². The highest BCUT2D eigenvalue weighted by Crippen LogP contribution is 2.22. The average Bonchev–Trinajstić information content (AvgIpc) is 2.42. The highest BCUT2D eigenvalue weighted by Gasteiger charge is 2.20. The van der Waals surface area contributed by atoms with Gasteiger partial charge in [-0.1, -0.05) is 12.2 Å². The van der Waals surface area contributed by atoms with E-state index in [9.17, 15) is 0 Å². The van der Waals surface area contributed by atoms with Crippen LogP contribution in [0.5, 0.6) is 0 Å². The fourth-order valence-electron chi connectivity index (χ4n) is 0.410. The molecule has 7 heavy (non-hydrogen) atoms. The van der Waals surface area contributed by atoms with Gasteiger partial charge in [-0.3, -0.25) is 0 Å². The Morgan fingerprint density at radius 1 is 1.71 bits per heavy atom. The second-order valence-electron chi connectivity index (χ2n) is 1.70. The molecule has 1 fully saturated rings. The standard InChI is InChI=1S/C5H8OS/c7-4-3-6-5-1-2-5/h4-5H,1-3H2. The van der Waals surface area contributed by atoms with E-state index in [-0.39, 0.29) is 0 Å². The predicted molar refractivity (Wildman–Crippen MR) is 32.6 cm³/mol. The van der Waals surface area contributed by atoms with Crippen LogP contribution in [-0.4, -0.2) is 18.1 Å². The fourth-order valence-corrected chi connectivity index (χ4v) is 0.489. The Balaban J connectivity index is 1.88. The molecule has 2 heteroatoms. The molecule has 0 aromatic heterocycles. The molecule has 0 aromatic carbocycles. The molecule has 0 radical (unpaired) electrons. The molecule has 1 saturated carbocycles. The molecule has 0 spiro atoms. The molecular weight excluding hydrogens is 108 g/mol. The van der Waals surface area contributed by atoms with Crippen molar-refractivity contribution >= 4 is 17.6 Å². The Morgan fingerprint density at radius 3 is 2.86 bits per heavy atom. The van der Waals surface area contributed by atoms with Crippen LogP contribution in [0.1, 0.15) is 12.8 Å². The van der Waals surface area contributed by atoms with Gasteiger partial charge in [-0.05, 0) is 12.8 Å². The molecule has 0 saturated heterocycles. The van der Waals surface area contributed by atoms with Crippen molar-refractivity contribution in [2.24, 2.45) is 0 Å². The van der Waals surface area contributed by atoms with Gasteiger partial charge in [0.2, 0.25) is 0 Å². The van der Waals surface area contributed by atoms with Crippen molar-refractivity contribution in [2.45, 2.75) is 18.9 Å². The van der Waals surface area contributed by atoms with Crippen molar-refractivity contribution in [1.29, 1.82) is 0 Å². The first kappa shape index (κ1) is 5.19. The maximum atomic E-state index is 5.14. The average molecular weight is 116 g/mol. The van der Waals surface area contributed by atoms with E-state index in [4.69, 9.17) is 4.74 Å². The molecule has 0 heterocycles. The van der Waals surface area contributed by atoms with E-state index in [0.29, 0.717) is 12.7 Å². The monoisotopic (exact) mass is 116 g/mol. The second-order valence-corrected chi connectivity index (χ2v) is 2.03. The van der Waals surface area contributed by atoms with Crippen LogP contribution in [0.4, 0.5) is 0 Å². The normalized spacial score (nSPS) is 19.4. The molecule has 40 valence electrons. The highest BCUT2D eigenvalue weighted by atomic mass is 32.1. The van der Waals surface area contributed by atoms with Gasteiger partial charge in [0.1, 0.15) is 0 Å². The number of rotatable bonds is 3. The number of ether oxygens (including phenoxy) is 1. The molecule has 0 amide bonds. The maximum Gasteiger partial charge on any atom is 0.0753 e. The van der Waals surface area contributed by atoms with Crippen molar-refractivity contribution in [3.63, 3.8) is 0 Å². The summed E-state index contributed by atoms with van der Waals surface area (Å²) in [6, 6.07) is 0. The minimum Gasteiger partial charge on any atom is -0.373 e. The SMILES string of the molecule is S=CCOC1CC1. The molecule has 1 nitrogen and oxygen atoms in total. The molecule has 0 N–H and O–H groups in total. The molecule has 0 atom stereocenters. The second kappa shape index (κ2) is 2.38. The van der Waals surface area contributed by atoms with Crippen LogP contribution in [0.2, 0.25) is 0 Å². The maximum absolute atomic E-state index is 5.14. The summed E-state index contributed by atoms with van der Waals surface area (Å²) in [5, 5.41) is 1.62. The summed E-state index contributed by atoms with van der Waals surface area (Å²) in [6.45, 7) is 0.653. The van der Waals surface area contributed by atoms with Gasteiger partial charge in [-0.25, -0.2) is 0 Å². The van der Waals surface area contributed by atoms with Crippen molar-refractivity contribution < 1.29 is 4.74 Å². The summed E-state index contributed by atoms with van der Waals surface area (Å²) in [4.78, 5) is 0. The van der Waals surface area contributed by atoms with E-state index in [1.807, 2.05) is 0 Å². The van der Waals surface area contributed by atoms with Crippen LogP contribution in [0.3, 0.4) is 0 Å². The molecule has 1 rings (SSSR count). The van der Waals surface area contributed by atoms with Gasteiger partial charge in [0.05, 0.1) is 12.7 Å². The largest absolute Gasteiger partial charge is 0.373 e. The van der Waals surface area contributed by atoms with Gasteiger partial charge in [-0.2, -0.15) is 0 Å². The third-order valence-corrected chi connectivity index (χ3v) is 1.06. The minimum absolute atomic E-state index is 0.555. The van der Waals surface area contributed by atoms with Crippen molar-refractivity contribution in [3.05, 3.63) is 0 Å². The lowest BCUT2D eigenvalue weighted by Crippen LogP contribution is -1.94. The van der Waals surface area contributed by atoms with Crippen LogP contribution in [-0.2, 0) is 4.74 Å². The quantitative estimate of drug-likeness (QED) is 0.512. The molecule has 1 aliphatic rings. The molecule has 0 aliphatic heterocycles. The van der Waals surface area contributed by atoms with E-state index < -0.39 is 0 Å². The van der Waals surface area contributed by atoms with Crippen molar-refractivity contribution in [3.8, 4) is 0 Å². The first-order valence-corrected chi connectivity index (χ1v) is 2.96. The van der Waals surface area contributed by atoms with Gasteiger partial charge >= 0.3 is 0 Å². The zero-order valence-electron chi connectivity index (χ0n) is 4.09. The highest BCUT2D eigenvalue weighted by molar-refractivity contribution is 7.79. The zero-order chi connectivity index (χ0) is 5.11. The van der Waals surface area contributed by atoms with Gasteiger partial charge in [-0.15, -0.1) is 0 Å². The topological polar surface area (TPSA) is 9.23 Å². The Kier molecular flexibility index (Phi) is 1.77. The summed E-state index contributed by atoms with van der Waals surface area (Å²) >= 11 is 4.55. The third-order valence-electron chi connectivity index (χ3n) is 0.924.